The van der Waals surface area contributed by atoms with Crippen molar-refractivity contribution in [2.75, 3.05) is 11.9 Å². The lowest BCUT2D eigenvalue weighted by molar-refractivity contribution is -0.122. The quantitative estimate of drug-likeness (QED) is 0.707. The van der Waals surface area contributed by atoms with Crippen molar-refractivity contribution in [3.05, 3.63) is 48.5 Å². The van der Waals surface area contributed by atoms with Gasteiger partial charge in [-0.2, -0.15) is 0 Å². The Morgan fingerprint density at radius 1 is 1.00 bits per heavy atom. The van der Waals surface area contributed by atoms with E-state index >= 15 is 0 Å². The Morgan fingerprint density at radius 2 is 1.56 bits per heavy atom. The van der Waals surface area contributed by atoms with Crippen molar-refractivity contribution in [1.82, 2.24) is 5.32 Å². The normalized spacial score (nSPS) is 15.2. The second kappa shape index (κ2) is 9.31. The van der Waals surface area contributed by atoms with Gasteiger partial charge in [-0.05, 0) is 75.2 Å². The van der Waals surface area contributed by atoms with Crippen molar-refractivity contribution in [3.63, 3.8) is 0 Å². The molecule has 2 N–H and O–H groups in total. The summed E-state index contributed by atoms with van der Waals surface area (Å²) in [4.78, 5) is 12.3. The van der Waals surface area contributed by atoms with Gasteiger partial charge in [0.2, 0.25) is 5.91 Å². The molecule has 144 valence electrons. The van der Waals surface area contributed by atoms with E-state index in [1.54, 1.807) is 0 Å². The molecule has 0 radical (unpaired) electrons. The van der Waals surface area contributed by atoms with Crippen molar-refractivity contribution in [1.29, 1.82) is 0 Å². The van der Waals surface area contributed by atoms with E-state index in [9.17, 15) is 4.79 Å². The van der Waals surface area contributed by atoms with Gasteiger partial charge >= 0.3 is 0 Å². The summed E-state index contributed by atoms with van der Waals surface area (Å²) >= 11 is 0. The topological polar surface area (TPSA) is 59.6 Å². The van der Waals surface area contributed by atoms with E-state index < -0.39 is 0 Å². The number of carbonyl (C=O) groups excluding carboxylic acids is 1. The van der Waals surface area contributed by atoms with Gasteiger partial charge < -0.3 is 20.1 Å². The first kappa shape index (κ1) is 19.1. The van der Waals surface area contributed by atoms with E-state index in [2.05, 4.69) is 10.6 Å². The molecule has 0 aliphatic heterocycles. The van der Waals surface area contributed by atoms with Gasteiger partial charge in [0, 0.05) is 11.7 Å². The molecule has 0 bridgehead atoms. The molecule has 1 fully saturated rings. The van der Waals surface area contributed by atoms with Gasteiger partial charge in [0.25, 0.3) is 0 Å². The Bertz CT molecular complexity index is 722. The summed E-state index contributed by atoms with van der Waals surface area (Å²) in [6.07, 6.45) is 4.61. The van der Waals surface area contributed by atoms with Crippen molar-refractivity contribution in [2.45, 2.75) is 51.6 Å². The molecule has 5 heteroatoms. The fourth-order valence-corrected chi connectivity index (χ4v) is 3.24. The summed E-state index contributed by atoms with van der Waals surface area (Å²) in [5.41, 5.74) is 0.892. The van der Waals surface area contributed by atoms with Gasteiger partial charge in [-0.3, -0.25) is 4.79 Å². The monoisotopic (exact) mass is 368 g/mol. The number of carbonyl (C=O) groups is 1. The average Bonchev–Trinajstić information content (AvgIpc) is 3.18. The lowest BCUT2D eigenvalue weighted by atomic mass is 10.2. The number of anilines is 1. The Kier molecular flexibility index (Phi) is 6.58. The van der Waals surface area contributed by atoms with E-state index in [0.717, 1.165) is 35.8 Å². The first-order valence-corrected chi connectivity index (χ1v) is 9.71. The van der Waals surface area contributed by atoms with Crippen LogP contribution in [0.2, 0.25) is 0 Å². The highest BCUT2D eigenvalue weighted by molar-refractivity contribution is 5.84. The number of benzene rings is 2. The van der Waals surface area contributed by atoms with Crippen LogP contribution in [-0.2, 0) is 4.79 Å². The highest BCUT2D eigenvalue weighted by Crippen LogP contribution is 2.25. The van der Waals surface area contributed by atoms with Gasteiger partial charge in [0.05, 0.1) is 6.61 Å². The Balaban J connectivity index is 1.51. The van der Waals surface area contributed by atoms with Crippen LogP contribution in [-0.4, -0.2) is 24.6 Å². The standard InChI is InChI=1S/C22H28N2O3/c1-3-26-19-12-14-21(15-13-19)27-20-10-8-18(9-11-20)23-16(2)22(25)24-17-6-4-5-7-17/h8-17,23H,3-7H2,1-2H3,(H,24,25)/t16-/m1/s1. The molecule has 1 amide bonds. The lowest BCUT2D eigenvalue weighted by Crippen LogP contribution is -2.42. The number of ether oxygens (including phenoxy) is 2. The summed E-state index contributed by atoms with van der Waals surface area (Å²) in [5.74, 6) is 2.38. The predicted octanol–water partition coefficient (Wildman–Crippen LogP) is 4.74. The molecule has 1 atom stereocenters. The van der Waals surface area contributed by atoms with Crippen molar-refractivity contribution in [3.8, 4) is 17.2 Å². The molecule has 0 heterocycles. The van der Waals surface area contributed by atoms with E-state index in [1.165, 1.54) is 12.8 Å². The Labute approximate surface area is 161 Å². The molecule has 0 unspecified atom stereocenters. The minimum absolute atomic E-state index is 0.0524. The number of rotatable bonds is 8. The summed E-state index contributed by atoms with van der Waals surface area (Å²) in [7, 11) is 0. The zero-order valence-electron chi connectivity index (χ0n) is 16.0. The third-order valence-electron chi connectivity index (χ3n) is 4.70. The maximum atomic E-state index is 12.3. The van der Waals surface area contributed by atoms with Gasteiger partial charge in [-0.15, -0.1) is 0 Å². The first-order chi connectivity index (χ1) is 13.1. The Morgan fingerprint density at radius 3 is 2.15 bits per heavy atom. The van der Waals surface area contributed by atoms with Gasteiger partial charge in [0.15, 0.2) is 0 Å². The van der Waals surface area contributed by atoms with Crippen LogP contribution in [0.3, 0.4) is 0 Å². The molecular weight excluding hydrogens is 340 g/mol. The molecule has 0 saturated heterocycles. The van der Waals surface area contributed by atoms with Crippen molar-refractivity contribution in [2.24, 2.45) is 0 Å². The largest absolute Gasteiger partial charge is 0.494 e. The van der Waals surface area contributed by atoms with Crippen LogP contribution in [0, 0.1) is 0 Å². The maximum Gasteiger partial charge on any atom is 0.242 e. The second-order valence-corrected chi connectivity index (χ2v) is 6.89. The minimum Gasteiger partial charge on any atom is -0.494 e. The van der Waals surface area contributed by atoms with Gasteiger partial charge in [-0.1, -0.05) is 12.8 Å². The molecule has 2 aromatic rings. The average molecular weight is 368 g/mol. The predicted molar refractivity (Wildman–Crippen MR) is 108 cm³/mol. The molecule has 3 rings (SSSR count). The van der Waals surface area contributed by atoms with Crippen molar-refractivity contribution < 1.29 is 14.3 Å². The molecule has 1 aliphatic rings. The zero-order chi connectivity index (χ0) is 19.1. The number of hydrogen-bond acceptors (Lipinski definition) is 4. The van der Waals surface area contributed by atoms with Crippen LogP contribution in [0.4, 0.5) is 5.69 Å². The van der Waals surface area contributed by atoms with Crippen LogP contribution in [0.1, 0.15) is 39.5 Å². The zero-order valence-corrected chi connectivity index (χ0v) is 16.0. The maximum absolute atomic E-state index is 12.3. The van der Waals surface area contributed by atoms with E-state index in [1.807, 2.05) is 62.4 Å². The molecule has 27 heavy (non-hydrogen) atoms. The number of nitrogens with one attached hydrogen (secondary N) is 2. The fraction of sp³-hybridized carbons (Fsp3) is 0.409. The first-order valence-electron chi connectivity index (χ1n) is 9.71. The minimum atomic E-state index is -0.275. The Hall–Kier alpha value is -2.69. The third kappa shape index (κ3) is 5.64. The number of amides is 1. The smallest absolute Gasteiger partial charge is 0.242 e. The second-order valence-electron chi connectivity index (χ2n) is 6.89. The molecule has 5 nitrogen and oxygen atoms in total. The highest BCUT2D eigenvalue weighted by Gasteiger charge is 2.20. The summed E-state index contributed by atoms with van der Waals surface area (Å²) in [5, 5.41) is 6.36. The van der Waals surface area contributed by atoms with Crippen LogP contribution in [0.25, 0.3) is 0 Å². The molecule has 0 spiro atoms. The van der Waals surface area contributed by atoms with Crippen molar-refractivity contribution >= 4 is 11.6 Å². The van der Waals surface area contributed by atoms with Crippen LogP contribution < -0.4 is 20.1 Å². The van der Waals surface area contributed by atoms with Crippen LogP contribution in [0.15, 0.2) is 48.5 Å². The summed E-state index contributed by atoms with van der Waals surface area (Å²) < 4.78 is 11.3. The van der Waals surface area contributed by atoms with E-state index in [-0.39, 0.29) is 11.9 Å². The van der Waals surface area contributed by atoms with Gasteiger partial charge in [-0.25, -0.2) is 0 Å². The van der Waals surface area contributed by atoms with Crippen LogP contribution >= 0.6 is 0 Å². The summed E-state index contributed by atoms with van der Waals surface area (Å²) in [6, 6.07) is 15.2. The SMILES string of the molecule is CCOc1ccc(Oc2ccc(N[C@H](C)C(=O)NC3CCCC3)cc2)cc1. The number of hydrogen-bond donors (Lipinski definition) is 2. The summed E-state index contributed by atoms with van der Waals surface area (Å²) in [6.45, 7) is 4.49. The highest BCUT2D eigenvalue weighted by atomic mass is 16.5. The van der Waals surface area contributed by atoms with Crippen LogP contribution in [0.5, 0.6) is 17.2 Å². The van der Waals surface area contributed by atoms with E-state index in [4.69, 9.17) is 9.47 Å². The third-order valence-corrected chi connectivity index (χ3v) is 4.70. The molecule has 0 aromatic heterocycles. The fourth-order valence-electron chi connectivity index (χ4n) is 3.24. The molecule has 1 aliphatic carbocycles. The lowest BCUT2D eigenvalue weighted by Gasteiger charge is -2.18. The van der Waals surface area contributed by atoms with Gasteiger partial charge in [0.1, 0.15) is 23.3 Å². The molecule has 1 saturated carbocycles. The van der Waals surface area contributed by atoms with E-state index in [0.29, 0.717) is 12.6 Å². The molecular formula is C22H28N2O3. The molecule has 2 aromatic carbocycles.